The van der Waals surface area contributed by atoms with Crippen molar-refractivity contribution >= 4 is 39.9 Å². The lowest BCUT2D eigenvalue weighted by Gasteiger charge is -2.30. The van der Waals surface area contributed by atoms with E-state index < -0.39 is 80.4 Å². The summed E-state index contributed by atoms with van der Waals surface area (Å²) in [6.45, 7) is 8.71. The maximum Gasteiger partial charge on any atom is 0.410 e. The molecule has 1 aliphatic carbocycles. The maximum atomic E-state index is 14.3. The molecule has 5 atom stereocenters. The Hall–Kier alpha value is -4.14. The molecule has 5 rings (SSSR count). The number of amides is 5. The molecule has 1 saturated heterocycles. The number of carbonyl (C=O) groups is 5. The third-order valence-corrected chi connectivity index (χ3v) is 11.6. The number of nitrogens with zero attached hydrogens (tertiary/aromatic N) is 2. The Morgan fingerprint density at radius 2 is 1.78 bits per heavy atom. The molecule has 4 aliphatic rings. The highest BCUT2D eigenvalue weighted by Crippen LogP contribution is 2.46. The second-order valence-electron chi connectivity index (χ2n) is 15.2. The van der Waals surface area contributed by atoms with Gasteiger partial charge in [0.15, 0.2) is 0 Å². The molecule has 1 aromatic carbocycles. The third kappa shape index (κ3) is 9.21. The van der Waals surface area contributed by atoms with Crippen LogP contribution in [0.4, 0.5) is 9.59 Å². The predicted molar refractivity (Wildman–Crippen MR) is 188 cm³/mol. The lowest BCUT2D eigenvalue weighted by atomic mass is 10.0. The topological polar surface area (TPSA) is 181 Å². The number of hydrogen-bond acceptors (Lipinski definition) is 9. The van der Waals surface area contributed by atoms with Crippen molar-refractivity contribution in [2.24, 2.45) is 5.92 Å². The molecule has 280 valence electrons. The number of hydrogen-bond donors (Lipinski definition) is 3. The van der Waals surface area contributed by atoms with Crippen LogP contribution in [0.25, 0.3) is 0 Å². The molecule has 2 fully saturated rings. The van der Waals surface area contributed by atoms with Gasteiger partial charge >= 0.3 is 12.2 Å². The lowest BCUT2D eigenvalue weighted by Crippen LogP contribution is -2.58. The summed E-state index contributed by atoms with van der Waals surface area (Å²) in [4.78, 5) is 71.3. The summed E-state index contributed by atoms with van der Waals surface area (Å²) in [7, 11) is -4.01. The van der Waals surface area contributed by atoms with Crippen LogP contribution in [0, 0.1) is 5.92 Å². The summed E-state index contributed by atoms with van der Waals surface area (Å²) in [5.74, 6) is -2.55. The SMILES string of the molecule is CC(C)S(=O)(=O)NC(=O)[C@@]12C[C@@H]1/C=C\CCCCC[C@H](NC(=O)OC(C)(C)C)C(=O)N1C[C@H](OC(=O)N3CCc4ccccc4C3)CC1C(=O)N2. The van der Waals surface area contributed by atoms with Crippen LogP contribution >= 0.6 is 0 Å². The zero-order valence-corrected chi connectivity index (χ0v) is 30.9. The van der Waals surface area contributed by atoms with Crippen molar-refractivity contribution in [1.82, 2.24) is 25.2 Å². The van der Waals surface area contributed by atoms with E-state index in [1.807, 2.05) is 36.4 Å². The van der Waals surface area contributed by atoms with E-state index in [-0.39, 0.29) is 25.8 Å². The largest absolute Gasteiger partial charge is 0.444 e. The Morgan fingerprint density at radius 3 is 2.49 bits per heavy atom. The van der Waals surface area contributed by atoms with Crippen LogP contribution in [0.5, 0.6) is 0 Å². The van der Waals surface area contributed by atoms with Crippen molar-refractivity contribution in [2.75, 3.05) is 13.1 Å². The van der Waals surface area contributed by atoms with Gasteiger partial charge in [-0.1, -0.05) is 49.3 Å². The van der Waals surface area contributed by atoms with E-state index in [9.17, 15) is 32.4 Å². The number of nitrogens with one attached hydrogen (secondary N) is 3. The fourth-order valence-electron chi connectivity index (χ4n) is 6.82. The first kappa shape index (κ1) is 38.1. The number of sulfonamides is 1. The standard InChI is InChI=1S/C36H51N5O9S/c1-23(2)51(47,48)39-32(44)36-20-26(36)15-9-7-6-8-10-16-28(37-33(45)50-35(3,4)5)31(43)41-22-27(19-29(41)30(42)38-36)49-34(46)40-18-17-24-13-11-12-14-25(24)21-40/h9,11-15,23,26-29H,6-8,10,16-22H2,1-5H3,(H,37,45)(H,38,42)(H,39,44)/b15-9-/t26-,27+,28-,29?,36+/m0/s1. The Morgan fingerprint density at radius 1 is 1.06 bits per heavy atom. The molecular formula is C36H51N5O9S. The molecule has 15 heteroatoms. The Balaban J connectivity index is 1.41. The molecule has 0 radical (unpaired) electrons. The summed E-state index contributed by atoms with van der Waals surface area (Å²) in [5.41, 5.74) is -0.190. The highest BCUT2D eigenvalue weighted by molar-refractivity contribution is 7.90. The van der Waals surface area contributed by atoms with Gasteiger partial charge in [-0.2, -0.15) is 0 Å². The molecule has 3 N–H and O–H groups in total. The van der Waals surface area contributed by atoms with E-state index >= 15 is 0 Å². The van der Waals surface area contributed by atoms with Crippen molar-refractivity contribution < 1.29 is 41.9 Å². The Bertz CT molecular complexity index is 1660. The first-order valence-corrected chi connectivity index (χ1v) is 19.4. The van der Waals surface area contributed by atoms with Crippen LogP contribution in [-0.2, 0) is 46.8 Å². The summed E-state index contributed by atoms with van der Waals surface area (Å²) in [6, 6.07) is 5.63. The molecular weight excluding hydrogens is 678 g/mol. The third-order valence-electron chi connectivity index (χ3n) is 9.85. The zero-order valence-electron chi connectivity index (χ0n) is 30.1. The van der Waals surface area contributed by atoms with Crippen LogP contribution in [0.3, 0.4) is 0 Å². The summed E-state index contributed by atoms with van der Waals surface area (Å²) < 4.78 is 38.9. The predicted octanol–water partition coefficient (Wildman–Crippen LogP) is 3.29. The van der Waals surface area contributed by atoms with Gasteiger partial charge in [-0.05, 0) is 77.8 Å². The normalized spacial score (nSPS) is 27.8. The van der Waals surface area contributed by atoms with Crippen molar-refractivity contribution in [3.63, 3.8) is 0 Å². The van der Waals surface area contributed by atoms with Gasteiger partial charge in [0.1, 0.15) is 29.3 Å². The van der Waals surface area contributed by atoms with Gasteiger partial charge < -0.3 is 29.9 Å². The van der Waals surface area contributed by atoms with Crippen molar-refractivity contribution in [2.45, 2.75) is 127 Å². The number of allylic oxidation sites excluding steroid dienone is 1. The van der Waals surface area contributed by atoms with Crippen LogP contribution in [0.1, 0.15) is 90.7 Å². The molecule has 5 amide bonds. The van der Waals surface area contributed by atoms with Gasteiger partial charge in [0, 0.05) is 25.4 Å². The number of rotatable bonds is 5. The first-order valence-electron chi connectivity index (χ1n) is 17.9. The lowest BCUT2D eigenvalue weighted by molar-refractivity contribution is -0.141. The average molecular weight is 730 g/mol. The minimum absolute atomic E-state index is 0.0601. The molecule has 0 aromatic heterocycles. The molecule has 1 aromatic rings. The van der Waals surface area contributed by atoms with Crippen LogP contribution in [-0.4, -0.2) is 95.8 Å². The van der Waals surface area contributed by atoms with E-state index in [0.29, 0.717) is 32.4 Å². The van der Waals surface area contributed by atoms with Gasteiger partial charge in [-0.15, -0.1) is 0 Å². The van der Waals surface area contributed by atoms with E-state index in [0.717, 1.165) is 24.0 Å². The van der Waals surface area contributed by atoms with E-state index in [2.05, 4.69) is 15.4 Å². The fraction of sp³-hybridized carbons (Fsp3) is 0.639. The van der Waals surface area contributed by atoms with Crippen molar-refractivity contribution in [3.05, 3.63) is 47.5 Å². The Kier molecular flexibility index (Phi) is 11.4. The molecule has 0 spiro atoms. The number of fused-ring (bicyclic) bond motifs is 3. The quantitative estimate of drug-likeness (QED) is 0.384. The van der Waals surface area contributed by atoms with Gasteiger partial charge in [0.25, 0.3) is 5.91 Å². The highest BCUT2D eigenvalue weighted by Gasteiger charge is 2.61. The van der Waals surface area contributed by atoms with Crippen LogP contribution < -0.4 is 15.4 Å². The Labute approximate surface area is 300 Å². The van der Waals surface area contributed by atoms with Gasteiger partial charge in [-0.3, -0.25) is 19.1 Å². The number of carbonyl (C=O) groups excluding carboxylic acids is 5. The van der Waals surface area contributed by atoms with Gasteiger partial charge in [-0.25, -0.2) is 18.0 Å². The van der Waals surface area contributed by atoms with Crippen LogP contribution in [0.2, 0.25) is 0 Å². The summed E-state index contributed by atoms with van der Waals surface area (Å²) in [6.07, 6.45) is 5.38. The summed E-state index contributed by atoms with van der Waals surface area (Å²) in [5, 5.41) is 4.61. The van der Waals surface area contributed by atoms with Crippen molar-refractivity contribution in [3.8, 4) is 0 Å². The minimum atomic E-state index is -4.01. The summed E-state index contributed by atoms with van der Waals surface area (Å²) >= 11 is 0. The molecule has 3 heterocycles. The molecule has 51 heavy (non-hydrogen) atoms. The molecule has 1 unspecified atom stereocenters. The minimum Gasteiger partial charge on any atom is -0.444 e. The molecule has 14 nitrogen and oxygen atoms in total. The molecule has 1 saturated carbocycles. The second kappa shape index (κ2) is 15.2. The highest BCUT2D eigenvalue weighted by atomic mass is 32.2. The van der Waals surface area contributed by atoms with Gasteiger partial charge in [0.2, 0.25) is 21.8 Å². The fourth-order valence-corrected chi connectivity index (χ4v) is 7.50. The van der Waals surface area contributed by atoms with Gasteiger partial charge in [0.05, 0.1) is 11.8 Å². The number of ether oxygens (including phenoxy) is 2. The smallest absolute Gasteiger partial charge is 0.410 e. The average Bonchev–Trinajstić information content (AvgIpc) is 3.58. The van der Waals surface area contributed by atoms with Crippen LogP contribution in [0.15, 0.2) is 36.4 Å². The zero-order chi connectivity index (χ0) is 37.1. The van der Waals surface area contributed by atoms with E-state index in [1.165, 1.54) is 18.7 Å². The van der Waals surface area contributed by atoms with E-state index in [4.69, 9.17) is 9.47 Å². The second-order valence-corrected chi connectivity index (χ2v) is 17.5. The molecule has 3 aliphatic heterocycles. The maximum absolute atomic E-state index is 14.3. The number of benzene rings is 1. The van der Waals surface area contributed by atoms with Crippen molar-refractivity contribution in [1.29, 1.82) is 0 Å². The monoisotopic (exact) mass is 729 g/mol. The first-order chi connectivity index (χ1) is 24.0. The van der Waals surface area contributed by atoms with E-state index in [1.54, 1.807) is 25.7 Å². The molecule has 0 bridgehead atoms. The number of alkyl carbamates (subject to hydrolysis) is 1.